The summed E-state index contributed by atoms with van der Waals surface area (Å²) in [5.74, 6) is -0.191. The summed E-state index contributed by atoms with van der Waals surface area (Å²) >= 11 is 0. The molecule has 2 aromatic carbocycles. The number of imidazole rings is 1. The highest BCUT2D eigenvalue weighted by Gasteiger charge is 2.21. The van der Waals surface area contributed by atoms with Crippen molar-refractivity contribution in [2.45, 2.75) is 19.4 Å². The van der Waals surface area contributed by atoms with Crippen LogP contribution >= 0.6 is 0 Å². The Morgan fingerprint density at radius 3 is 2.71 bits per heavy atom. The molecule has 3 heterocycles. The summed E-state index contributed by atoms with van der Waals surface area (Å²) in [7, 11) is 4.07. The van der Waals surface area contributed by atoms with Gasteiger partial charge in [-0.3, -0.25) is 10.1 Å². The quantitative estimate of drug-likeness (QED) is 0.283. The second-order valence-corrected chi connectivity index (χ2v) is 8.95. The van der Waals surface area contributed by atoms with Gasteiger partial charge in [0, 0.05) is 41.8 Å². The second-order valence-electron chi connectivity index (χ2n) is 8.95. The van der Waals surface area contributed by atoms with Gasteiger partial charge in [0.05, 0.1) is 17.1 Å². The molecule has 176 valence electrons. The maximum atomic E-state index is 13.8. The SMILES string of the molecule is Cc1[nH]c(-c2n[nH]c3ccc(-c4cncc(CN(C)C)c4)cc23)nc1C(C=N)c1cccc(F)c1. The number of aromatic nitrogens is 5. The highest BCUT2D eigenvalue weighted by atomic mass is 19.1. The molecule has 5 rings (SSSR count). The lowest BCUT2D eigenvalue weighted by Gasteiger charge is -2.10. The standard InChI is InChI=1S/C27H26FN7/c1-16-25(23(12-29)19-5-4-6-21(28)10-19)32-27(31-16)26-22-11-18(7-8-24(22)33-34-26)20-9-17(13-30-14-20)15-35(2)3/h4-14,23,29H,15H2,1-3H3,(H,31,32)(H,33,34). The van der Waals surface area contributed by atoms with E-state index in [0.717, 1.165) is 39.8 Å². The fourth-order valence-corrected chi connectivity index (χ4v) is 4.39. The van der Waals surface area contributed by atoms with E-state index in [-0.39, 0.29) is 5.82 Å². The number of H-pyrrole nitrogens is 2. The smallest absolute Gasteiger partial charge is 0.159 e. The molecule has 1 atom stereocenters. The molecule has 0 fully saturated rings. The largest absolute Gasteiger partial charge is 0.340 e. The highest BCUT2D eigenvalue weighted by molar-refractivity contribution is 5.94. The molecule has 0 amide bonds. The minimum Gasteiger partial charge on any atom is -0.340 e. The van der Waals surface area contributed by atoms with Crippen LogP contribution in [0.4, 0.5) is 4.39 Å². The molecule has 0 aliphatic heterocycles. The predicted molar refractivity (Wildman–Crippen MR) is 136 cm³/mol. The van der Waals surface area contributed by atoms with Gasteiger partial charge in [-0.2, -0.15) is 5.10 Å². The third-order valence-electron chi connectivity index (χ3n) is 6.01. The van der Waals surface area contributed by atoms with Crippen LogP contribution < -0.4 is 0 Å². The summed E-state index contributed by atoms with van der Waals surface area (Å²) in [6, 6.07) is 14.6. The van der Waals surface area contributed by atoms with Gasteiger partial charge in [0.1, 0.15) is 11.5 Å². The van der Waals surface area contributed by atoms with Crippen LogP contribution in [0.2, 0.25) is 0 Å². The molecular formula is C27H26FN7. The number of rotatable bonds is 7. The van der Waals surface area contributed by atoms with Crippen LogP contribution in [0.25, 0.3) is 33.5 Å². The molecular weight excluding hydrogens is 441 g/mol. The van der Waals surface area contributed by atoms with Gasteiger partial charge in [0.15, 0.2) is 5.82 Å². The number of nitrogens with one attached hydrogen (secondary N) is 3. The minimum absolute atomic E-state index is 0.335. The van der Waals surface area contributed by atoms with E-state index in [9.17, 15) is 4.39 Å². The van der Waals surface area contributed by atoms with E-state index in [4.69, 9.17) is 10.4 Å². The van der Waals surface area contributed by atoms with Gasteiger partial charge >= 0.3 is 0 Å². The van der Waals surface area contributed by atoms with Crippen LogP contribution in [0.1, 0.15) is 28.4 Å². The second kappa shape index (κ2) is 9.23. The van der Waals surface area contributed by atoms with Gasteiger partial charge in [0.25, 0.3) is 0 Å². The molecule has 0 radical (unpaired) electrons. The molecule has 3 N–H and O–H groups in total. The van der Waals surface area contributed by atoms with Crippen LogP contribution in [-0.4, -0.2) is 50.4 Å². The third-order valence-corrected chi connectivity index (χ3v) is 6.01. The molecule has 35 heavy (non-hydrogen) atoms. The lowest BCUT2D eigenvalue weighted by Crippen LogP contribution is -2.10. The molecule has 0 spiro atoms. The molecule has 7 nitrogen and oxygen atoms in total. The van der Waals surface area contributed by atoms with Crippen molar-refractivity contribution in [3.63, 3.8) is 0 Å². The molecule has 1 unspecified atom stereocenters. The Bertz CT molecular complexity index is 1520. The van der Waals surface area contributed by atoms with Crippen molar-refractivity contribution in [3.8, 4) is 22.6 Å². The monoisotopic (exact) mass is 467 g/mol. The van der Waals surface area contributed by atoms with Gasteiger partial charge in [-0.15, -0.1) is 0 Å². The van der Waals surface area contributed by atoms with E-state index >= 15 is 0 Å². The van der Waals surface area contributed by atoms with Gasteiger partial charge in [-0.25, -0.2) is 9.37 Å². The van der Waals surface area contributed by atoms with Gasteiger partial charge in [0.2, 0.25) is 0 Å². The average Bonchev–Trinajstić information content (AvgIpc) is 3.42. The van der Waals surface area contributed by atoms with Gasteiger partial charge in [-0.05, 0) is 68.0 Å². The number of aromatic amines is 2. The summed E-state index contributed by atoms with van der Waals surface area (Å²) in [6.07, 6.45) is 5.04. The third kappa shape index (κ3) is 4.48. The minimum atomic E-state index is -0.457. The topological polar surface area (TPSA) is 97.3 Å². The van der Waals surface area contributed by atoms with Crippen LogP contribution in [-0.2, 0) is 6.54 Å². The predicted octanol–water partition coefficient (Wildman–Crippen LogP) is 5.31. The van der Waals surface area contributed by atoms with Crippen LogP contribution in [0.5, 0.6) is 0 Å². The molecule has 8 heteroatoms. The maximum absolute atomic E-state index is 13.8. The Morgan fingerprint density at radius 2 is 1.94 bits per heavy atom. The Balaban J connectivity index is 1.54. The summed E-state index contributed by atoms with van der Waals surface area (Å²) in [6.45, 7) is 2.72. The summed E-state index contributed by atoms with van der Waals surface area (Å²) in [5, 5.41) is 16.5. The summed E-state index contributed by atoms with van der Waals surface area (Å²) in [5.41, 5.74) is 6.96. The van der Waals surface area contributed by atoms with Crippen molar-refractivity contribution in [1.82, 2.24) is 30.0 Å². The highest BCUT2D eigenvalue weighted by Crippen LogP contribution is 2.32. The Kier molecular flexibility index (Phi) is 5.96. The van der Waals surface area contributed by atoms with Crippen molar-refractivity contribution in [3.05, 3.63) is 89.3 Å². The molecule has 0 bridgehead atoms. The van der Waals surface area contributed by atoms with E-state index < -0.39 is 5.92 Å². The number of halogens is 1. The molecule has 0 aliphatic carbocycles. The maximum Gasteiger partial charge on any atom is 0.159 e. The number of hydrogen-bond donors (Lipinski definition) is 3. The zero-order valence-corrected chi connectivity index (χ0v) is 19.8. The average molecular weight is 468 g/mol. The fraction of sp³-hybridized carbons (Fsp3) is 0.185. The Labute approximate surface area is 202 Å². The number of aryl methyl sites for hydroxylation is 1. The van der Waals surface area contributed by atoms with Crippen LogP contribution in [0, 0.1) is 18.2 Å². The first-order valence-electron chi connectivity index (χ1n) is 11.3. The van der Waals surface area contributed by atoms with Crippen LogP contribution in [0.15, 0.2) is 60.9 Å². The number of pyridine rings is 1. The van der Waals surface area contributed by atoms with E-state index in [2.05, 4.69) is 43.3 Å². The fourth-order valence-electron chi connectivity index (χ4n) is 4.39. The van der Waals surface area contributed by atoms with E-state index in [0.29, 0.717) is 22.8 Å². The molecule has 0 aliphatic rings. The van der Waals surface area contributed by atoms with Crippen molar-refractivity contribution in [2.75, 3.05) is 14.1 Å². The van der Waals surface area contributed by atoms with Crippen molar-refractivity contribution in [1.29, 1.82) is 5.41 Å². The molecule has 0 saturated carbocycles. The van der Waals surface area contributed by atoms with Gasteiger partial charge in [-0.1, -0.05) is 18.2 Å². The number of hydrogen-bond acceptors (Lipinski definition) is 5. The molecule has 3 aromatic heterocycles. The Hall–Kier alpha value is -4.17. The van der Waals surface area contributed by atoms with E-state index in [1.165, 1.54) is 18.3 Å². The lowest BCUT2D eigenvalue weighted by atomic mass is 9.96. The molecule has 0 saturated heterocycles. The Morgan fingerprint density at radius 1 is 1.09 bits per heavy atom. The number of nitrogens with zero attached hydrogens (tertiary/aromatic N) is 4. The first-order valence-corrected chi connectivity index (χ1v) is 11.3. The lowest BCUT2D eigenvalue weighted by molar-refractivity contribution is 0.402. The van der Waals surface area contributed by atoms with Crippen molar-refractivity contribution in [2.24, 2.45) is 0 Å². The van der Waals surface area contributed by atoms with E-state index in [1.807, 2.05) is 39.5 Å². The summed E-state index contributed by atoms with van der Waals surface area (Å²) < 4.78 is 13.8. The normalized spacial score (nSPS) is 12.4. The zero-order chi connectivity index (χ0) is 24.5. The van der Waals surface area contributed by atoms with Crippen molar-refractivity contribution < 1.29 is 4.39 Å². The van der Waals surface area contributed by atoms with Gasteiger partial charge < -0.3 is 15.3 Å². The summed E-state index contributed by atoms with van der Waals surface area (Å²) in [4.78, 5) is 14.7. The number of benzene rings is 2. The number of fused-ring (bicyclic) bond motifs is 1. The molecule has 5 aromatic rings. The van der Waals surface area contributed by atoms with E-state index in [1.54, 1.807) is 12.1 Å². The zero-order valence-electron chi connectivity index (χ0n) is 19.8. The van der Waals surface area contributed by atoms with Crippen LogP contribution in [0.3, 0.4) is 0 Å². The first-order chi connectivity index (χ1) is 16.9. The van der Waals surface area contributed by atoms with Crippen molar-refractivity contribution >= 4 is 17.1 Å². The first kappa shape index (κ1) is 22.6.